The van der Waals surface area contributed by atoms with E-state index in [0.717, 1.165) is 25.9 Å². The monoisotopic (exact) mass is 171 g/mol. The van der Waals surface area contributed by atoms with E-state index in [1.807, 2.05) is 0 Å². The minimum Gasteiger partial charge on any atom is -0.353 e. The summed E-state index contributed by atoms with van der Waals surface area (Å²) in [5.41, 5.74) is -0.411. The van der Waals surface area contributed by atoms with E-state index in [-0.39, 0.29) is 5.91 Å². The molecule has 12 heavy (non-hydrogen) atoms. The maximum Gasteiger partial charge on any atom is 0.245 e. The number of hydrogen-bond donors (Lipinski definition) is 0. The molecule has 2 fully saturated rings. The van der Waals surface area contributed by atoms with E-state index in [9.17, 15) is 4.79 Å². The Bertz CT molecular complexity index is 193. The van der Waals surface area contributed by atoms with Gasteiger partial charge in [0, 0.05) is 20.0 Å². The fourth-order valence-corrected chi connectivity index (χ4v) is 1.93. The van der Waals surface area contributed by atoms with Gasteiger partial charge in [-0.3, -0.25) is 9.63 Å². The summed E-state index contributed by atoms with van der Waals surface area (Å²) in [5.74, 6) is -0.0607. The quantitative estimate of drug-likeness (QED) is 0.538. The molecular weight excluding hydrogens is 158 g/mol. The van der Waals surface area contributed by atoms with Crippen molar-refractivity contribution < 1.29 is 14.4 Å². The summed E-state index contributed by atoms with van der Waals surface area (Å²) < 4.78 is 5.56. The van der Waals surface area contributed by atoms with Crippen LogP contribution >= 0.6 is 0 Å². The van der Waals surface area contributed by atoms with Gasteiger partial charge in [-0.1, -0.05) is 0 Å². The molecule has 2 aliphatic heterocycles. The predicted octanol–water partition coefficient (Wildman–Crippen LogP) is 0.677. The molecule has 0 aromatic carbocycles. The van der Waals surface area contributed by atoms with Gasteiger partial charge < -0.3 is 4.74 Å². The zero-order chi connectivity index (χ0) is 8.60. The highest BCUT2D eigenvalue weighted by Crippen LogP contribution is 2.37. The minimum atomic E-state index is -0.411. The first-order valence-corrected chi connectivity index (χ1v) is 4.32. The van der Waals surface area contributed by atoms with Gasteiger partial charge in [-0.2, -0.15) is 5.06 Å². The van der Waals surface area contributed by atoms with Crippen LogP contribution in [0.2, 0.25) is 0 Å². The number of ether oxygens (including phenoxy) is 1. The first-order chi connectivity index (χ1) is 5.75. The molecule has 1 spiro atoms. The molecule has 0 radical (unpaired) electrons. The molecule has 4 nitrogen and oxygen atoms in total. The lowest BCUT2D eigenvalue weighted by molar-refractivity contribution is -0.231. The standard InChI is InChI=1S/C8H13NO3/c1-7(10)9-8(4-6-12-9)3-2-5-11-8/h2-6H2,1H3. The van der Waals surface area contributed by atoms with Gasteiger partial charge in [0.2, 0.25) is 5.91 Å². The fourth-order valence-electron chi connectivity index (χ4n) is 1.93. The summed E-state index contributed by atoms with van der Waals surface area (Å²) in [6, 6.07) is 0. The molecule has 1 atom stereocenters. The van der Waals surface area contributed by atoms with Crippen molar-refractivity contribution in [3.8, 4) is 0 Å². The van der Waals surface area contributed by atoms with Crippen molar-refractivity contribution in [2.24, 2.45) is 0 Å². The lowest BCUT2D eigenvalue weighted by Crippen LogP contribution is -2.44. The number of amides is 1. The van der Waals surface area contributed by atoms with Crippen LogP contribution in [0.1, 0.15) is 26.2 Å². The SMILES string of the molecule is CC(=O)N1OCCC12CCCO2. The molecule has 68 valence electrons. The van der Waals surface area contributed by atoms with Crippen LogP contribution < -0.4 is 0 Å². The Balaban J connectivity index is 2.17. The minimum absolute atomic E-state index is 0.0607. The lowest BCUT2D eigenvalue weighted by atomic mass is 10.1. The van der Waals surface area contributed by atoms with Crippen LogP contribution in [-0.2, 0) is 14.4 Å². The van der Waals surface area contributed by atoms with E-state index in [0.29, 0.717) is 6.61 Å². The summed E-state index contributed by atoms with van der Waals surface area (Å²) in [4.78, 5) is 16.3. The number of hydroxylamine groups is 2. The topological polar surface area (TPSA) is 38.8 Å². The van der Waals surface area contributed by atoms with Crippen molar-refractivity contribution >= 4 is 5.91 Å². The van der Waals surface area contributed by atoms with Gasteiger partial charge in [-0.25, -0.2) is 0 Å². The molecule has 0 bridgehead atoms. The van der Waals surface area contributed by atoms with Crippen LogP contribution in [0.5, 0.6) is 0 Å². The largest absolute Gasteiger partial charge is 0.353 e. The Labute approximate surface area is 71.4 Å². The zero-order valence-corrected chi connectivity index (χ0v) is 7.21. The van der Waals surface area contributed by atoms with Crippen molar-refractivity contribution in [2.45, 2.75) is 31.9 Å². The maximum absolute atomic E-state index is 11.1. The van der Waals surface area contributed by atoms with E-state index in [1.54, 1.807) is 0 Å². The lowest BCUT2D eigenvalue weighted by Gasteiger charge is -2.30. The number of nitrogens with zero attached hydrogens (tertiary/aromatic N) is 1. The second kappa shape index (κ2) is 2.71. The molecule has 1 unspecified atom stereocenters. The molecule has 0 aromatic heterocycles. The van der Waals surface area contributed by atoms with Crippen LogP contribution in [0.25, 0.3) is 0 Å². The van der Waals surface area contributed by atoms with Crippen molar-refractivity contribution in [1.82, 2.24) is 5.06 Å². The zero-order valence-electron chi connectivity index (χ0n) is 7.21. The number of hydrogen-bond acceptors (Lipinski definition) is 3. The summed E-state index contributed by atoms with van der Waals surface area (Å²) in [7, 11) is 0. The van der Waals surface area contributed by atoms with Gasteiger partial charge in [0.1, 0.15) is 0 Å². The normalized spacial score (nSPS) is 34.9. The second-order valence-electron chi connectivity index (χ2n) is 3.29. The molecular formula is C8H13NO3. The van der Waals surface area contributed by atoms with Gasteiger partial charge >= 0.3 is 0 Å². The van der Waals surface area contributed by atoms with Crippen LogP contribution in [0, 0.1) is 0 Å². The van der Waals surface area contributed by atoms with E-state index in [2.05, 4.69) is 0 Å². The van der Waals surface area contributed by atoms with Crippen LogP contribution in [0.15, 0.2) is 0 Å². The highest BCUT2D eigenvalue weighted by Gasteiger charge is 2.47. The molecule has 2 aliphatic rings. The molecule has 0 aromatic rings. The number of rotatable bonds is 0. The highest BCUT2D eigenvalue weighted by molar-refractivity contribution is 5.73. The molecule has 2 heterocycles. The molecule has 4 heteroatoms. The maximum atomic E-state index is 11.1. The van der Waals surface area contributed by atoms with Crippen LogP contribution in [-0.4, -0.2) is 29.9 Å². The smallest absolute Gasteiger partial charge is 0.245 e. The van der Waals surface area contributed by atoms with Gasteiger partial charge in [-0.15, -0.1) is 0 Å². The van der Waals surface area contributed by atoms with E-state index in [1.165, 1.54) is 12.0 Å². The second-order valence-corrected chi connectivity index (χ2v) is 3.29. The molecule has 0 aliphatic carbocycles. The summed E-state index contributed by atoms with van der Waals surface area (Å²) in [6.07, 6.45) is 2.74. The van der Waals surface area contributed by atoms with Crippen molar-refractivity contribution in [3.05, 3.63) is 0 Å². The third kappa shape index (κ3) is 1.03. The first kappa shape index (κ1) is 8.01. The Morgan fingerprint density at radius 3 is 2.83 bits per heavy atom. The Kier molecular flexibility index (Phi) is 1.81. The van der Waals surface area contributed by atoms with E-state index >= 15 is 0 Å². The number of carbonyl (C=O) groups excluding carboxylic acids is 1. The van der Waals surface area contributed by atoms with Gasteiger partial charge in [0.05, 0.1) is 6.61 Å². The fraction of sp³-hybridized carbons (Fsp3) is 0.875. The van der Waals surface area contributed by atoms with E-state index < -0.39 is 5.72 Å². The Morgan fingerprint density at radius 1 is 1.42 bits per heavy atom. The van der Waals surface area contributed by atoms with Gasteiger partial charge in [0.15, 0.2) is 5.72 Å². The molecule has 0 saturated carbocycles. The molecule has 0 N–H and O–H groups in total. The first-order valence-electron chi connectivity index (χ1n) is 4.32. The average Bonchev–Trinajstić information content (AvgIpc) is 2.61. The molecule has 2 saturated heterocycles. The van der Waals surface area contributed by atoms with Crippen molar-refractivity contribution in [1.29, 1.82) is 0 Å². The van der Waals surface area contributed by atoms with Crippen LogP contribution in [0.3, 0.4) is 0 Å². The predicted molar refractivity (Wildman–Crippen MR) is 41.0 cm³/mol. The molecule has 2 rings (SSSR count). The Hall–Kier alpha value is -0.610. The molecule has 1 amide bonds. The summed E-state index contributed by atoms with van der Waals surface area (Å²) >= 11 is 0. The van der Waals surface area contributed by atoms with Gasteiger partial charge in [-0.05, 0) is 12.8 Å². The van der Waals surface area contributed by atoms with Crippen molar-refractivity contribution in [3.63, 3.8) is 0 Å². The van der Waals surface area contributed by atoms with Gasteiger partial charge in [0.25, 0.3) is 0 Å². The average molecular weight is 171 g/mol. The highest BCUT2D eigenvalue weighted by atomic mass is 16.7. The number of carbonyl (C=O) groups is 1. The Morgan fingerprint density at radius 2 is 2.25 bits per heavy atom. The third-order valence-corrected chi connectivity index (χ3v) is 2.45. The summed E-state index contributed by atoms with van der Waals surface area (Å²) in [6.45, 7) is 2.85. The third-order valence-electron chi connectivity index (χ3n) is 2.45. The van der Waals surface area contributed by atoms with E-state index in [4.69, 9.17) is 9.57 Å². The van der Waals surface area contributed by atoms with Crippen LogP contribution in [0.4, 0.5) is 0 Å². The van der Waals surface area contributed by atoms with Crippen molar-refractivity contribution in [2.75, 3.05) is 13.2 Å². The summed E-state index contributed by atoms with van der Waals surface area (Å²) in [5, 5.41) is 1.40.